The van der Waals surface area contributed by atoms with E-state index in [1.54, 1.807) is 16.8 Å². The van der Waals surface area contributed by atoms with Gasteiger partial charge in [0.25, 0.3) is 11.1 Å². The minimum atomic E-state index is -0.448. The smallest absolute Gasteiger partial charge is 0.293 e. The molecule has 0 aliphatic carbocycles. The Morgan fingerprint density at radius 2 is 1.83 bits per heavy atom. The number of nitrogens with zero attached hydrogens (tertiary/aromatic N) is 2. The van der Waals surface area contributed by atoms with Crippen molar-refractivity contribution < 1.29 is 14.4 Å². The largest absolute Gasteiger partial charge is 0.368 e. The molecule has 0 saturated carbocycles. The van der Waals surface area contributed by atoms with E-state index in [4.69, 9.17) is 5.73 Å². The van der Waals surface area contributed by atoms with Crippen molar-refractivity contribution in [1.29, 1.82) is 0 Å². The van der Waals surface area contributed by atoms with E-state index in [0.29, 0.717) is 4.91 Å². The number of benzene rings is 2. The molecule has 4 rings (SSSR count). The lowest BCUT2D eigenvalue weighted by Crippen LogP contribution is -2.27. The molecule has 2 heterocycles. The fraction of sp³-hybridized carbons (Fsp3) is 0.136. The Morgan fingerprint density at radius 3 is 2.55 bits per heavy atom. The van der Waals surface area contributed by atoms with Crippen molar-refractivity contribution in [3.05, 3.63) is 76.3 Å². The van der Waals surface area contributed by atoms with Crippen LogP contribution in [0.3, 0.4) is 0 Å². The van der Waals surface area contributed by atoms with Gasteiger partial charge in [0.2, 0.25) is 5.91 Å². The Labute approximate surface area is 172 Å². The summed E-state index contributed by atoms with van der Waals surface area (Å²) in [6.45, 7) is 2.27. The van der Waals surface area contributed by atoms with Gasteiger partial charge in [0.05, 0.1) is 11.4 Å². The van der Waals surface area contributed by atoms with E-state index in [9.17, 15) is 14.4 Å². The molecule has 146 valence electrons. The number of carbonyl (C=O) groups is 3. The maximum absolute atomic E-state index is 12.8. The Kier molecular flexibility index (Phi) is 4.98. The van der Waals surface area contributed by atoms with Crippen LogP contribution in [0.1, 0.15) is 16.7 Å². The molecule has 0 radical (unpaired) electrons. The maximum Gasteiger partial charge on any atom is 0.293 e. The molecule has 1 aliphatic heterocycles. The van der Waals surface area contributed by atoms with Crippen molar-refractivity contribution in [1.82, 2.24) is 9.47 Å². The highest BCUT2D eigenvalue weighted by Gasteiger charge is 2.35. The lowest BCUT2D eigenvalue weighted by Gasteiger charge is -2.12. The summed E-state index contributed by atoms with van der Waals surface area (Å²) in [6.07, 6.45) is 3.49. The Balaban J connectivity index is 1.65. The van der Waals surface area contributed by atoms with Gasteiger partial charge in [0, 0.05) is 22.7 Å². The first-order valence-corrected chi connectivity index (χ1v) is 9.91. The number of hydrogen-bond donors (Lipinski definition) is 1. The van der Waals surface area contributed by atoms with Gasteiger partial charge in [-0.2, -0.15) is 0 Å². The van der Waals surface area contributed by atoms with E-state index in [0.717, 1.165) is 39.4 Å². The summed E-state index contributed by atoms with van der Waals surface area (Å²) in [4.78, 5) is 38.3. The summed E-state index contributed by atoms with van der Waals surface area (Å²) < 4.78 is 1.75. The maximum atomic E-state index is 12.8. The number of primary amides is 1. The number of thioether (sulfide) groups is 1. The van der Waals surface area contributed by atoms with Gasteiger partial charge in [-0.25, -0.2) is 0 Å². The number of amides is 3. The van der Waals surface area contributed by atoms with E-state index in [-0.39, 0.29) is 24.2 Å². The van der Waals surface area contributed by atoms with Crippen molar-refractivity contribution in [2.24, 2.45) is 5.73 Å². The summed E-state index contributed by atoms with van der Waals surface area (Å²) in [7, 11) is 0. The number of rotatable bonds is 5. The van der Waals surface area contributed by atoms with Crippen LogP contribution in [-0.4, -0.2) is 26.5 Å². The first-order valence-electron chi connectivity index (χ1n) is 9.09. The molecule has 1 fully saturated rings. The van der Waals surface area contributed by atoms with Gasteiger partial charge >= 0.3 is 0 Å². The predicted octanol–water partition coefficient (Wildman–Crippen LogP) is 3.67. The summed E-state index contributed by atoms with van der Waals surface area (Å²) in [5.74, 6) is -0.761. The van der Waals surface area contributed by atoms with E-state index in [1.807, 2.05) is 55.5 Å². The Hall–Kier alpha value is -3.32. The van der Waals surface area contributed by atoms with Gasteiger partial charge < -0.3 is 10.3 Å². The molecule has 3 amide bonds. The number of hydrogen-bond acceptors (Lipinski definition) is 4. The van der Waals surface area contributed by atoms with Gasteiger partial charge in [-0.15, -0.1) is 0 Å². The van der Waals surface area contributed by atoms with Gasteiger partial charge in [-0.05, 0) is 36.4 Å². The van der Waals surface area contributed by atoms with Crippen LogP contribution in [0.25, 0.3) is 17.0 Å². The van der Waals surface area contributed by atoms with Crippen LogP contribution in [-0.2, 0) is 22.7 Å². The first-order chi connectivity index (χ1) is 13.9. The number of imide groups is 1. The fourth-order valence-corrected chi connectivity index (χ4v) is 4.17. The number of fused-ring (bicyclic) bond motifs is 1. The molecule has 2 N–H and O–H groups in total. The average molecular weight is 405 g/mol. The quantitative estimate of drug-likeness (QED) is 0.656. The zero-order chi connectivity index (χ0) is 20.5. The normalized spacial score (nSPS) is 15.6. The van der Waals surface area contributed by atoms with E-state index in [2.05, 4.69) is 0 Å². The molecule has 0 unspecified atom stereocenters. The van der Waals surface area contributed by atoms with Crippen molar-refractivity contribution in [3.8, 4) is 0 Å². The van der Waals surface area contributed by atoms with Gasteiger partial charge in [-0.1, -0.05) is 48.0 Å². The second-order valence-electron chi connectivity index (χ2n) is 6.95. The third kappa shape index (κ3) is 3.82. The lowest BCUT2D eigenvalue weighted by molar-refractivity contribution is -0.123. The average Bonchev–Trinajstić information content (AvgIpc) is 3.16. The molecule has 3 aromatic rings. The third-order valence-corrected chi connectivity index (χ3v) is 5.67. The zero-order valence-electron chi connectivity index (χ0n) is 15.8. The summed E-state index contributed by atoms with van der Waals surface area (Å²) in [6, 6.07) is 15.3. The molecule has 0 spiro atoms. The van der Waals surface area contributed by atoms with Gasteiger partial charge in [0.1, 0.15) is 6.54 Å². The first kappa shape index (κ1) is 19.0. The molecule has 6 nitrogen and oxygen atoms in total. The second kappa shape index (κ2) is 7.60. The minimum absolute atomic E-state index is 0.0449. The minimum Gasteiger partial charge on any atom is -0.368 e. The highest BCUT2D eigenvalue weighted by molar-refractivity contribution is 8.18. The van der Waals surface area contributed by atoms with Crippen LogP contribution in [0.15, 0.2) is 59.6 Å². The molecular formula is C22H19N3O3S. The van der Waals surface area contributed by atoms with Crippen LogP contribution in [0.2, 0.25) is 0 Å². The molecule has 29 heavy (non-hydrogen) atoms. The van der Waals surface area contributed by atoms with Crippen LogP contribution >= 0.6 is 11.8 Å². The third-order valence-electron chi connectivity index (χ3n) is 4.77. The molecule has 1 aromatic heterocycles. The van der Waals surface area contributed by atoms with Crippen LogP contribution in [0.5, 0.6) is 0 Å². The molecule has 1 aliphatic rings. The molecular weight excluding hydrogens is 386 g/mol. The number of aromatic nitrogens is 1. The van der Waals surface area contributed by atoms with Crippen LogP contribution in [0, 0.1) is 6.92 Å². The van der Waals surface area contributed by atoms with E-state index >= 15 is 0 Å². The summed E-state index contributed by atoms with van der Waals surface area (Å²) >= 11 is 0.928. The number of nitrogens with two attached hydrogens (primary N) is 1. The van der Waals surface area contributed by atoms with Crippen molar-refractivity contribution in [3.63, 3.8) is 0 Å². The van der Waals surface area contributed by atoms with Crippen molar-refractivity contribution in [2.45, 2.75) is 20.0 Å². The van der Waals surface area contributed by atoms with Gasteiger partial charge in [0.15, 0.2) is 0 Å². The van der Waals surface area contributed by atoms with E-state index < -0.39 is 5.91 Å². The molecule has 1 saturated heterocycles. The summed E-state index contributed by atoms with van der Waals surface area (Å²) in [5.41, 5.74) is 8.98. The SMILES string of the molecule is Cc1ccc(CN2C(=O)S/C(=C\c3cn(CC(N)=O)c4ccccc34)C2=O)cc1. The van der Waals surface area contributed by atoms with Gasteiger partial charge in [-0.3, -0.25) is 19.3 Å². The molecule has 7 heteroatoms. The monoisotopic (exact) mass is 405 g/mol. The Morgan fingerprint density at radius 1 is 1.10 bits per heavy atom. The summed E-state index contributed by atoms with van der Waals surface area (Å²) in [5, 5.41) is 0.599. The Bertz CT molecular complexity index is 1160. The van der Waals surface area contributed by atoms with Crippen molar-refractivity contribution >= 4 is 45.8 Å². The van der Waals surface area contributed by atoms with E-state index in [1.165, 1.54) is 4.90 Å². The van der Waals surface area contributed by atoms with Crippen LogP contribution < -0.4 is 5.73 Å². The second-order valence-corrected chi connectivity index (χ2v) is 7.94. The number of para-hydroxylation sites is 1. The highest BCUT2D eigenvalue weighted by Crippen LogP contribution is 2.35. The molecule has 0 bridgehead atoms. The number of aryl methyl sites for hydroxylation is 1. The van der Waals surface area contributed by atoms with Crippen molar-refractivity contribution in [2.75, 3.05) is 0 Å². The standard InChI is InChI=1S/C22H19N3O3S/c1-14-6-8-15(9-7-14)11-25-21(27)19(29-22(25)28)10-16-12-24(13-20(23)26)18-5-3-2-4-17(16)18/h2-10,12H,11,13H2,1H3,(H2,23,26)/b19-10-. The zero-order valence-corrected chi connectivity index (χ0v) is 16.6. The molecule has 2 aromatic carbocycles. The predicted molar refractivity (Wildman–Crippen MR) is 114 cm³/mol. The lowest BCUT2D eigenvalue weighted by atomic mass is 10.1. The molecule has 0 atom stereocenters. The fourth-order valence-electron chi connectivity index (χ4n) is 3.34. The number of carbonyl (C=O) groups excluding carboxylic acids is 3. The highest BCUT2D eigenvalue weighted by atomic mass is 32.2. The topological polar surface area (TPSA) is 85.4 Å². The van der Waals surface area contributed by atoms with Crippen LogP contribution in [0.4, 0.5) is 4.79 Å².